The molecular weight excluding hydrogens is 290 g/mol. The van der Waals surface area contributed by atoms with E-state index in [0.717, 1.165) is 30.2 Å². The Bertz CT molecular complexity index is 787. The van der Waals surface area contributed by atoms with Crippen molar-refractivity contribution in [3.8, 4) is 11.4 Å². The standard InChI is InChI=1S/C17H19N5O/c1-12-3-2-4-13(7-12)10-22-17(15-8-18-19-9-15)20-16(21-22)14-5-6-23-11-14/h2-4,7-9,14H,5-6,10-11H2,1H3,(H,18,19). The Balaban J connectivity index is 1.71. The van der Waals surface area contributed by atoms with Gasteiger partial charge in [0.2, 0.25) is 0 Å². The number of hydrogen-bond acceptors (Lipinski definition) is 4. The Morgan fingerprint density at radius 3 is 3.09 bits per heavy atom. The van der Waals surface area contributed by atoms with E-state index in [9.17, 15) is 0 Å². The fraction of sp³-hybridized carbons (Fsp3) is 0.353. The van der Waals surface area contributed by atoms with Crippen LogP contribution in [0.1, 0.15) is 29.3 Å². The van der Waals surface area contributed by atoms with Gasteiger partial charge in [0.15, 0.2) is 11.6 Å². The molecule has 1 atom stereocenters. The van der Waals surface area contributed by atoms with Gasteiger partial charge < -0.3 is 4.74 Å². The summed E-state index contributed by atoms with van der Waals surface area (Å²) in [6, 6.07) is 8.47. The molecule has 3 heterocycles. The number of nitrogens with zero attached hydrogens (tertiary/aromatic N) is 4. The van der Waals surface area contributed by atoms with Crippen molar-refractivity contribution in [2.24, 2.45) is 0 Å². The molecule has 1 unspecified atom stereocenters. The molecule has 118 valence electrons. The second-order valence-electron chi connectivity index (χ2n) is 5.99. The molecule has 0 saturated carbocycles. The van der Waals surface area contributed by atoms with Crippen molar-refractivity contribution in [3.63, 3.8) is 0 Å². The van der Waals surface area contributed by atoms with Crippen LogP contribution in [-0.2, 0) is 11.3 Å². The lowest BCUT2D eigenvalue weighted by Crippen LogP contribution is -2.06. The Morgan fingerprint density at radius 2 is 2.35 bits per heavy atom. The first-order valence-corrected chi connectivity index (χ1v) is 7.87. The first kappa shape index (κ1) is 14.1. The zero-order valence-corrected chi connectivity index (χ0v) is 13.1. The van der Waals surface area contributed by atoms with Crippen LogP contribution in [0.25, 0.3) is 11.4 Å². The summed E-state index contributed by atoms with van der Waals surface area (Å²) in [6.45, 7) is 4.29. The molecule has 0 aliphatic carbocycles. The quantitative estimate of drug-likeness (QED) is 0.804. The van der Waals surface area contributed by atoms with Crippen molar-refractivity contribution >= 4 is 0 Å². The molecule has 4 rings (SSSR count). The minimum atomic E-state index is 0.291. The van der Waals surface area contributed by atoms with Crippen LogP contribution in [-0.4, -0.2) is 38.2 Å². The Morgan fingerprint density at radius 1 is 1.39 bits per heavy atom. The zero-order chi connectivity index (χ0) is 15.6. The summed E-state index contributed by atoms with van der Waals surface area (Å²) in [6.07, 6.45) is 4.62. The minimum absolute atomic E-state index is 0.291. The van der Waals surface area contributed by atoms with Gasteiger partial charge in [-0.3, -0.25) is 5.10 Å². The van der Waals surface area contributed by atoms with Crippen molar-refractivity contribution in [2.75, 3.05) is 13.2 Å². The van der Waals surface area contributed by atoms with Crippen LogP contribution in [0.2, 0.25) is 0 Å². The molecule has 1 N–H and O–H groups in total. The normalized spacial score (nSPS) is 17.7. The zero-order valence-electron chi connectivity index (χ0n) is 13.1. The van der Waals surface area contributed by atoms with E-state index < -0.39 is 0 Å². The van der Waals surface area contributed by atoms with Crippen LogP contribution in [0.5, 0.6) is 0 Å². The Kier molecular flexibility index (Phi) is 3.67. The fourth-order valence-corrected chi connectivity index (χ4v) is 2.95. The van der Waals surface area contributed by atoms with Crippen LogP contribution in [0, 0.1) is 6.92 Å². The third kappa shape index (κ3) is 2.90. The molecule has 1 aliphatic rings. The number of aromatic amines is 1. The van der Waals surface area contributed by atoms with E-state index in [4.69, 9.17) is 14.8 Å². The highest BCUT2D eigenvalue weighted by atomic mass is 16.5. The number of hydrogen-bond donors (Lipinski definition) is 1. The molecule has 1 aliphatic heterocycles. The number of nitrogens with one attached hydrogen (secondary N) is 1. The van der Waals surface area contributed by atoms with Gasteiger partial charge in [0, 0.05) is 18.7 Å². The van der Waals surface area contributed by atoms with Gasteiger partial charge in [-0.25, -0.2) is 9.67 Å². The summed E-state index contributed by atoms with van der Waals surface area (Å²) in [5.74, 6) is 2.01. The number of ether oxygens (including phenoxy) is 1. The van der Waals surface area contributed by atoms with Crippen LogP contribution >= 0.6 is 0 Å². The third-order valence-electron chi connectivity index (χ3n) is 4.15. The molecule has 0 bridgehead atoms. The summed E-state index contributed by atoms with van der Waals surface area (Å²) in [7, 11) is 0. The number of rotatable bonds is 4. The average molecular weight is 309 g/mol. The molecule has 0 radical (unpaired) electrons. The van der Waals surface area contributed by atoms with E-state index in [1.807, 2.05) is 10.9 Å². The lowest BCUT2D eigenvalue weighted by molar-refractivity contribution is 0.193. The number of H-pyrrole nitrogens is 1. The SMILES string of the molecule is Cc1cccc(Cn2nc(C3CCOC3)nc2-c2cn[nH]c2)c1. The molecule has 6 heteroatoms. The number of benzene rings is 1. The molecule has 6 nitrogen and oxygen atoms in total. The smallest absolute Gasteiger partial charge is 0.161 e. The highest BCUT2D eigenvalue weighted by Gasteiger charge is 2.24. The molecule has 1 saturated heterocycles. The second-order valence-corrected chi connectivity index (χ2v) is 5.99. The van der Waals surface area contributed by atoms with Gasteiger partial charge in [0.1, 0.15) is 0 Å². The molecule has 3 aromatic rings. The number of aromatic nitrogens is 5. The van der Waals surface area contributed by atoms with Crippen molar-refractivity contribution in [1.29, 1.82) is 0 Å². The first-order chi connectivity index (χ1) is 11.3. The predicted molar refractivity (Wildman–Crippen MR) is 86.1 cm³/mol. The lowest BCUT2D eigenvalue weighted by atomic mass is 10.1. The first-order valence-electron chi connectivity index (χ1n) is 7.87. The highest BCUT2D eigenvalue weighted by Crippen LogP contribution is 2.26. The molecule has 2 aromatic heterocycles. The lowest BCUT2D eigenvalue weighted by Gasteiger charge is -2.05. The van der Waals surface area contributed by atoms with Crippen LogP contribution in [0.4, 0.5) is 0 Å². The summed E-state index contributed by atoms with van der Waals surface area (Å²) in [5, 5.41) is 11.6. The minimum Gasteiger partial charge on any atom is -0.381 e. The van der Waals surface area contributed by atoms with E-state index in [1.165, 1.54) is 11.1 Å². The number of aryl methyl sites for hydroxylation is 1. The van der Waals surface area contributed by atoms with Crippen molar-refractivity contribution in [3.05, 3.63) is 53.6 Å². The van der Waals surface area contributed by atoms with E-state index in [2.05, 4.69) is 41.4 Å². The summed E-state index contributed by atoms with van der Waals surface area (Å²) in [5.41, 5.74) is 3.42. The van der Waals surface area contributed by atoms with Crippen molar-refractivity contribution in [2.45, 2.75) is 25.8 Å². The fourth-order valence-electron chi connectivity index (χ4n) is 2.95. The van der Waals surface area contributed by atoms with Crippen molar-refractivity contribution in [1.82, 2.24) is 25.0 Å². The highest BCUT2D eigenvalue weighted by molar-refractivity contribution is 5.52. The summed E-state index contributed by atoms with van der Waals surface area (Å²) >= 11 is 0. The van der Waals surface area contributed by atoms with E-state index in [-0.39, 0.29) is 0 Å². The maximum atomic E-state index is 5.48. The van der Waals surface area contributed by atoms with E-state index in [0.29, 0.717) is 19.1 Å². The monoisotopic (exact) mass is 309 g/mol. The predicted octanol–water partition coefficient (Wildman–Crippen LogP) is 2.53. The summed E-state index contributed by atoms with van der Waals surface area (Å²) < 4.78 is 7.44. The topological polar surface area (TPSA) is 68.6 Å². The largest absolute Gasteiger partial charge is 0.381 e. The molecule has 1 fully saturated rings. The van der Waals surface area contributed by atoms with Crippen LogP contribution in [0.15, 0.2) is 36.7 Å². The van der Waals surface area contributed by atoms with E-state index in [1.54, 1.807) is 6.20 Å². The third-order valence-corrected chi connectivity index (χ3v) is 4.15. The second kappa shape index (κ2) is 5.96. The Labute approximate surface area is 134 Å². The Hall–Kier alpha value is -2.47. The molecule has 0 spiro atoms. The maximum absolute atomic E-state index is 5.48. The van der Waals surface area contributed by atoms with Gasteiger partial charge >= 0.3 is 0 Å². The van der Waals surface area contributed by atoms with Gasteiger partial charge in [-0.15, -0.1) is 0 Å². The van der Waals surface area contributed by atoms with Gasteiger partial charge in [-0.1, -0.05) is 29.8 Å². The maximum Gasteiger partial charge on any atom is 0.161 e. The van der Waals surface area contributed by atoms with Gasteiger partial charge in [-0.2, -0.15) is 10.2 Å². The van der Waals surface area contributed by atoms with Crippen LogP contribution in [0.3, 0.4) is 0 Å². The molecular formula is C17H19N5O. The molecule has 23 heavy (non-hydrogen) atoms. The molecule has 1 aromatic carbocycles. The van der Waals surface area contributed by atoms with Crippen molar-refractivity contribution < 1.29 is 4.74 Å². The average Bonchev–Trinajstić information content (AvgIpc) is 3.28. The van der Waals surface area contributed by atoms with Crippen LogP contribution < -0.4 is 0 Å². The summed E-state index contributed by atoms with van der Waals surface area (Å²) in [4.78, 5) is 4.77. The van der Waals surface area contributed by atoms with E-state index >= 15 is 0 Å². The van der Waals surface area contributed by atoms with Gasteiger partial charge in [-0.05, 0) is 18.9 Å². The van der Waals surface area contributed by atoms with Gasteiger partial charge in [0.25, 0.3) is 0 Å². The molecule has 0 amide bonds. The van der Waals surface area contributed by atoms with Gasteiger partial charge in [0.05, 0.1) is 24.9 Å².